The highest BCUT2D eigenvalue weighted by molar-refractivity contribution is 9.10. The molecular weight excluding hydrogens is 277 g/mol. The van der Waals surface area contributed by atoms with Crippen molar-refractivity contribution in [2.24, 2.45) is 0 Å². The Kier molecular flexibility index (Phi) is 3.32. The van der Waals surface area contributed by atoms with Gasteiger partial charge in [0.1, 0.15) is 5.88 Å². The summed E-state index contributed by atoms with van der Waals surface area (Å²) in [5, 5.41) is 0. The number of benzene rings is 1. The van der Waals surface area contributed by atoms with Crippen LogP contribution in [0.15, 0.2) is 22.7 Å². The van der Waals surface area contributed by atoms with E-state index in [0.29, 0.717) is 6.54 Å². The van der Waals surface area contributed by atoms with E-state index >= 15 is 0 Å². The molecule has 1 heterocycles. The number of alkyl halides is 1. The van der Waals surface area contributed by atoms with Crippen LogP contribution in [0.4, 0.5) is 0 Å². The Morgan fingerprint density at radius 1 is 1.47 bits per heavy atom. The number of amides is 1. The number of nitrogens with zero attached hydrogens (tertiary/aromatic N) is 1. The molecule has 1 aromatic rings. The summed E-state index contributed by atoms with van der Waals surface area (Å²) >= 11 is 8.99. The van der Waals surface area contributed by atoms with Crippen LogP contribution in [-0.4, -0.2) is 23.2 Å². The quantitative estimate of drug-likeness (QED) is 0.727. The van der Waals surface area contributed by atoms with Crippen molar-refractivity contribution in [2.75, 3.05) is 12.4 Å². The van der Waals surface area contributed by atoms with Gasteiger partial charge in [0.2, 0.25) is 5.91 Å². The van der Waals surface area contributed by atoms with Gasteiger partial charge in [0.15, 0.2) is 0 Å². The number of carbonyl (C=O) groups is 1. The predicted molar refractivity (Wildman–Crippen MR) is 64.0 cm³/mol. The summed E-state index contributed by atoms with van der Waals surface area (Å²) in [4.78, 5) is 13.2. The third-order valence-corrected chi connectivity index (χ3v) is 3.37. The highest BCUT2D eigenvalue weighted by atomic mass is 79.9. The molecule has 15 heavy (non-hydrogen) atoms. The van der Waals surface area contributed by atoms with Crippen LogP contribution in [0.3, 0.4) is 0 Å². The molecule has 0 atom stereocenters. The second-order valence-electron chi connectivity index (χ2n) is 3.61. The van der Waals surface area contributed by atoms with Crippen molar-refractivity contribution in [2.45, 2.75) is 13.0 Å². The fourth-order valence-electron chi connectivity index (χ4n) is 1.82. The van der Waals surface area contributed by atoms with Gasteiger partial charge in [-0.3, -0.25) is 4.79 Å². The van der Waals surface area contributed by atoms with Crippen molar-refractivity contribution in [3.05, 3.63) is 33.8 Å². The van der Waals surface area contributed by atoms with Crippen LogP contribution in [0.25, 0.3) is 0 Å². The molecule has 0 spiro atoms. The molecule has 0 fully saturated rings. The summed E-state index contributed by atoms with van der Waals surface area (Å²) in [6, 6.07) is 6.19. The van der Waals surface area contributed by atoms with Crippen molar-refractivity contribution in [1.29, 1.82) is 0 Å². The van der Waals surface area contributed by atoms with Crippen LogP contribution in [0.5, 0.6) is 0 Å². The molecule has 0 saturated carbocycles. The highest BCUT2D eigenvalue weighted by Gasteiger charge is 2.19. The summed E-state index contributed by atoms with van der Waals surface area (Å²) in [5.74, 6) is 0.0940. The molecule has 0 aliphatic carbocycles. The summed E-state index contributed by atoms with van der Waals surface area (Å²) in [6.07, 6.45) is 0.914. The van der Waals surface area contributed by atoms with Crippen LogP contribution < -0.4 is 0 Å². The average Bonchev–Trinajstić information content (AvgIpc) is 2.27. The van der Waals surface area contributed by atoms with Gasteiger partial charge < -0.3 is 4.90 Å². The molecule has 2 nitrogen and oxygen atoms in total. The zero-order chi connectivity index (χ0) is 10.8. The molecule has 1 aliphatic rings. The minimum absolute atomic E-state index is 0.0187. The standard InChI is InChI=1S/C11H11BrClNO/c12-10-2-1-9-7-14(11(15)6-13)4-3-8(9)5-10/h1-2,5H,3-4,6-7H2. The van der Waals surface area contributed by atoms with Gasteiger partial charge in [-0.25, -0.2) is 0 Å². The van der Waals surface area contributed by atoms with Crippen molar-refractivity contribution in [3.63, 3.8) is 0 Å². The normalized spacial score (nSPS) is 14.9. The molecule has 0 aromatic heterocycles. The predicted octanol–water partition coefficient (Wildman–Crippen LogP) is 2.57. The SMILES string of the molecule is O=C(CCl)N1CCc2cc(Br)ccc2C1. The first-order chi connectivity index (χ1) is 7.20. The van der Waals surface area contributed by atoms with Crippen molar-refractivity contribution < 1.29 is 4.79 Å². The Morgan fingerprint density at radius 3 is 3.00 bits per heavy atom. The molecule has 1 aromatic carbocycles. The van der Waals surface area contributed by atoms with Gasteiger partial charge in [0.25, 0.3) is 0 Å². The maximum Gasteiger partial charge on any atom is 0.237 e. The third kappa shape index (κ3) is 2.34. The lowest BCUT2D eigenvalue weighted by molar-refractivity contribution is -0.129. The summed E-state index contributed by atoms with van der Waals surface area (Å²) in [6.45, 7) is 1.46. The molecule has 0 bridgehead atoms. The molecule has 0 radical (unpaired) electrons. The van der Waals surface area contributed by atoms with E-state index in [1.54, 1.807) is 0 Å². The largest absolute Gasteiger partial charge is 0.337 e. The van der Waals surface area contributed by atoms with Gasteiger partial charge in [-0.1, -0.05) is 22.0 Å². The van der Waals surface area contributed by atoms with Crippen molar-refractivity contribution in [1.82, 2.24) is 4.90 Å². The molecule has 0 N–H and O–H groups in total. The second kappa shape index (κ2) is 4.54. The number of carbonyl (C=O) groups excluding carboxylic acids is 1. The van der Waals surface area contributed by atoms with Gasteiger partial charge in [-0.15, -0.1) is 11.6 Å². The van der Waals surface area contributed by atoms with Crippen LogP contribution >= 0.6 is 27.5 Å². The van der Waals surface area contributed by atoms with Crippen LogP contribution in [0.2, 0.25) is 0 Å². The number of halogens is 2. The molecule has 0 unspecified atom stereocenters. The Hall–Kier alpha value is -0.540. The minimum atomic E-state index is 0.0187. The zero-order valence-electron chi connectivity index (χ0n) is 8.17. The van der Waals surface area contributed by atoms with E-state index in [0.717, 1.165) is 17.4 Å². The molecule has 1 amide bonds. The first-order valence-electron chi connectivity index (χ1n) is 4.82. The third-order valence-electron chi connectivity index (χ3n) is 2.65. The lowest BCUT2D eigenvalue weighted by atomic mass is 10.00. The lowest BCUT2D eigenvalue weighted by Gasteiger charge is -2.28. The Morgan fingerprint density at radius 2 is 2.27 bits per heavy atom. The lowest BCUT2D eigenvalue weighted by Crippen LogP contribution is -2.36. The van der Waals surface area contributed by atoms with Crippen molar-refractivity contribution >= 4 is 33.4 Å². The number of hydrogen-bond donors (Lipinski definition) is 0. The molecule has 0 saturated heterocycles. The molecule has 4 heteroatoms. The van der Waals surface area contributed by atoms with Crippen LogP contribution in [-0.2, 0) is 17.8 Å². The topological polar surface area (TPSA) is 20.3 Å². The first kappa shape index (κ1) is 11.0. The van der Waals surface area contributed by atoms with Gasteiger partial charge in [0, 0.05) is 17.6 Å². The van der Waals surface area contributed by atoms with Crippen molar-refractivity contribution in [3.8, 4) is 0 Å². The zero-order valence-corrected chi connectivity index (χ0v) is 10.5. The Labute approximate surface area is 102 Å². The molecule has 80 valence electrons. The minimum Gasteiger partial charge on any atom is -0.337 e. The summed E-state index contributed by atoms with van der Waals surface area (Å²) in [5.41, 5.74) is 2.55. The van der Waals surface area contributed by atoms with Gasteiger partial charge in [0.05, 0.1) is 0 Å². The van der Waals surface area contributed by atoms with Gasteiger partial charge in [-0.2, -0.15) is 0 Å². The average molecular weight is 289 g/mol. The van der Waals surface area contributed by atoms with E-state index in [-0.39, 0.29) is 11.8 Å². The number of rotatable bonds is 1. The molecular formula is C11H11BrClNO. The summed E-state index contributed by atoms with van der Waals surface area (Å²) in [7, 11) is 0. The van der Waals surface area contributed by atoms with Gasteiger partial charge >= 0.3 is 0 Å². The fraction of sp³-hybridized carbons (Fsp3) is 0.364. The number of hydrogen-bond acceptors (Lipinski definition) is 1. The maximum absolute atomic E-state index is 11.4. The Balaban J connectivity index is 2.20. The maximum atomic E-state index is 11.4. The van der Waals surface area contributed by atoms with E-state index in [2.05, 4.69) is 28.1 Å². The summed E-state index contributed by atoms with van der Waals surface area (Å²) < 4.78 is 1.10. The molecule has 2 rings (SSSR count). The van der Waals surface area contributed by atoms with Crippen LogP contribution in [0.1, 0.15) is 11.1 Å². The van der Waals surface area contributed by atoms with E-state index in [9.17, 15) is 4.79 Å². The molecule has 1 aliphatic heterocycles. The first-order valence-corrected chi connectivity index (χ1v) is 6.14. The van der Waals surface area contributed by atoms with E-state index in [1.165, 1.54) is 11.1 Å². The van der Waals surface area contributed by atoms with Crippen LogP contribution in [0, 0.1) is 0 Å². The Bertz CT molecular complexity index is 394. The smallest absolute Gasteiger partial charge is 0.237 e. The van der Waals surface area contributed by atoms with E-state index in [1.807, 2.05) is 11.0 Å². The fourth-order valence-corrected chi connectivity index (χ4v) is 2.40. The highest BCUT2D eigenvalue weighted by Crippen LogP contribution is 2.22. The van der Waals surface area contributed by atoms with E-state index < -0.39 is 0 Å². The second-order valence-corrected chi connectivity index (χ2v) is 4.79. The van der Waals surface area contributed by atoms with Gasteiger partial charge in [-0.05, 0) is 29.7 Å². The van der Waals surface area contributed by atoms with E-state index in [4.69, 9.17) is 11.6 Å². The monoisotopic (exact) mass is 287 g/mol. The number of fused-ring (bicyclic) bond motifs is 1.